The fourth-order valence-corrected chi connectivity index (χ4v) is 2.78. The van der Waals surface area contributed by atoms with Gasteiger partial charge in [0.15, 0.2) is 0 Å². The number of nitrogens with one attached hydrogen (secondary N) is 1. The third kappa shape index (κ3) is 3.63. The van der Waals surface area contributed by atoms with Crippen molar-refractivity contribution in [1.82, 2.24) is 9.55 Å². The van der Waals surface area contributed by atoms with Crippen LogP contribution in [0.4, 0.5) is 5.95 Å². The highest BCUT2D eigenvalue weighted by molar-refractivity contribution is 6.20. The van der Waals surface area contributed by atoms with Gasteiger partial charge in [-0.15, -0.1) is 11.6 Å². The van der Waals surface area contributed by atoms with Gasteiger partial charge in [-0.1, -0.05) is 32.9 Å². The van der Waals surface area contributed by atoms with Crippen molar-refractivity contribution in [2.75, 3.05) is 11.9 Å². The molecule has 1 aromatic heterocycles. The number of aromatic nitrogens is 2. The second-order valence-corrected chi connectivity index (χ2v) is 6.84. The number of anilines is 1. The molecule has 0 aliphatic rings. The van der Waals surface area contributed by atoms with Crippen molar-refractivity contribution < 1.29 is 0 Å². The number of hydrogen-bond donors (Lipinski definition) is 1. The van der Waals surface area contributed by atoms with Crippen LogP contribution in [0.5, 0.6) is 0 Å². The van der Waals surface area contributed by atoms with Crippen molar-refractivity contribution in [3.8, 4) is 0 Å². The van der Waals surface area contributed by atoms with Crippen molar-refractivity contribution in [1.29, 1.82) is 0 Å². The van der Waals surface area contributed by atoms with Gasteiger partial charge in [0, 0.05) is 13.6 Å². The molecule has 0 spiro atoms. The minimum atomic E-state index is 0.111. The van der Waals surface area contributed by atoms with Crippen LogP contribution in [0.25, 0.3) is 11.0 Å². The number of imidazole rings is 1. The van der Waals surface area contributed by atoms with Crippen molar-refractivity contribution >= 4 is 28.6 Å². The first-order chi connectivity index (χ1) is 8.87. The number of fused-ring (bicyclic) bond motifs is 1. The van der Waals surface area contributed by atoms with Gasteiger partial charge in [0.1, 0.15) is 0 Å². The Labute approximate surface area is 120 Å². The molecule has 0 fully saturated rings. The standard InChI is InChI=1S/C15H22ClN3/c1-15(2,3)9-11(16)10-17-14-18-12-7-5-6-8-13(12)19(14)4/h5-8,11H,9-10H2,1-4H3,(H,17,18). The van der Waals surface area contributed by atoms with E-state index < -0.39 is 0 Å². The number of aryl methyl sites for hydroxylation is 1. The number of para-hydroxylation sites is 2. The van der Waals surface area contributed by atoms with Crippen molar-refractivity contribution in [3.05, 3.63) is 24.3 Å². The Balaban J connectivity index is 2.04. The molecule has 0 amide bonds. The maximum absolute atomic E-state index is 6.37. The summed E-state index contributed by atoms with van der Waals surface area (Å²) in [5.74, 6) is 0.876. The van der Waals surface area contributed by atoms with Gasteiger partial charge in [-0.2, -0.15) is 0 Å². The first-order valence-corrected chi connectivity index (χ1v) is 7.10. The van der Waals surface area contributed by atoms with E-state index in [2.05, 4.69) is 41.7 Å². The summed E-state index contributed by atoms with van der Waals surface area (Å²) in [6.07, 6.45) is 0.978. The molecule has 4 heteroatoms. The first-order valence-electron chi connectivity index (χ1n) is 6.66. The molecule has 0 radical (unpaired) electrons. The lowest BCUT2D eigenvalue weighted by Crippen LogP contribution is -2.21. The maximum atomic E-state index is 6.37. The molecule has 19 heavy (non-hydrogen) atoms. The molecule has 2 rings (SSSR count). The normalized spacial score (nSPS) is 13.7. The van der Waals surface area contributed by atoms with E-state index in [1.54, 1.807) is 0 Å². The van der Waals surface area contributed by atoms with E-state index in [1.165, 1.54) is 0 Å². The Morgan fingerprint density at radius 1 is 1.32 bits per heavy atom. The zero-order valence-electron chi connectivity index (χ0n) is 12.1. The molecule has 0 bridgehead atoms. The SMILES string of the molecule is Cn1c(NCC(Cl)CC(C)(C)C)nc2ccccc21. The summed E-state index contributed by atoms with van der Waals surface area (Å²) >= 11 is 6.37. The van der Waals surface area contributed by atoms with Crippen LogP contribution >= 0.6 is 11.6 Å². The average molecular weight is 280 g/mol. The highest BCUT2D eigenvalue weighted by atomic mass is 35.5. The van der Waals surface area contributed by atoms with E-state index in [0.29, 0.717) is 0 Å². The minimum absolute atomic E-state index is 0.111. The van der Waals surface area contributed by atoms with Crippen LogP contribution in [-0.4, -0.2) is 21.5 Å². The van der Waals surface area contributed by atoms with Gasteiger partial charge in [0.05, 0.1) is 16.4 Å². The molecule has 1 aromatic carbocycles. The van der Waals surface area contributed by atoms with E-state index in [0.717, 1.165) is 29.9 Å². The minimum Gasteiger partial charge on any atom is -0.354 e. The largest absolute Gasteiger partial charge is 0.354 e. The van der Waals surface area contributed by atoms with Crippen LogP contribution in [-0.2, 0) is 7.05 Å². The van der Waals surface area contributed by atoms with Crippen LogP contribution in [0.1, 0.15) is 27.2 Å². The number of rotatable bonds is 4. The number of alkyl halides is 1. The highest BCUT2D eigenvalue weighted by Crippen LogP contribution is 2.24. The fourth-order valence-electron chi connectivity index (χ4n) is 2.24. The van der Waals surface area contributed by atoms with Crippen molar-refractivity contribution in [2.45, 2.75) is 32.6 Å². The summed E-state index contributed by atoms with van der Waals surface area (Å²) in [5.41, 5.74) is 2.39. The molecule has 0 aliphatic heterocycles. The summed E-state index contributed by atoms with van der Waals surface area (Å²) in [6.45, 7) is 7.35. The lowest BCUT2D eigenvalue weighted by atomic mass is 9.90. The molecule has 0 aliphatic carbocycles. The smallest absolute Gasteiger partial charge is 0.203 e. The van der Waals surface area contributed by atoms with Crippen molar-refractivity contribution in [2.24, 2.45) is 12.5 Å². The second kappa shape index (κ2) is 5.41. The van der Waals surface area contributed by atoms with Gasteiger partial charge >= 0.3 is 0 Å². The molecule has 1 atom stereocenters. The summed E-state index contributed by atoms with van der Waals surface area (Å²) in [6, 6.07) is 8.12. The molecule has 1 unspecified atom stereocenters. The molecule has 0 saturated carbocycles. The van der Waals surface area contributed by atoms with Crippen LogP contribution in [0.15, 0.2) is 24.3 Å². The molecule has 3 nitrogen and oxygen atoms in total. The molecule has 2 aromatic rings. The average Bonchev–Trinajstić information content (AvgIpc) is 2.62. The van der Waals surface area contributed by atoms with E-state index in [1.807, 2.05) is 25.2 Å². The van der Waals surface area contributed by atoms with Gasteiger partial charge in [-0.25, -0.2) is 4.98 Å². The molecular formula is C15H22ClN3. The Kier molecular flexibility index (Phi) is 4.04. The molecule has 104 valence electrons. The zero-order chi connectivity index (χ0) is 14.0. The Bertz CT molecular complexity index is 554. The van der Waals surface area contributed by atoms with Gasteiger partial charge in [-0.05, 0) is 24.0 Å². The monoisotopic (exact) mass is 279 g/mol. The topological polar surface area (TPSA) is 29.9 Å². The number of nitrogens with zero attached hydrogens (tertiary/aromatic N) is 2. The Hall–Kier alpha value is -1.22. The van der Waals surface area contributed by atoms with E-state index >= 15 is 0 Å². The molecule has 0 saturated heterocycles. The molecule has 1 N–H and O–H groups in total. The van der Waals surface area contributed by atoms with E-state index in [9.17, 15) is 0 Å². The van der Waals surface area contributed by atoms with E-state index in [-0.39, 0.29) is 10.8 Å². The predicted octanol–water partition coefficient (Wildman–Crippen LogP) is 4.03. The van der Waals surface area contributed by atoms with Gasteiger partial charge in [-0.3, -0.25) is 0 Å². The van der Waals surface area contributed by atoms with Crippen LogP contribution in [0, 0.1) is 5.41 Å². The fraction of sp³-hybridized carbons (Fsp3) is 0.533. The summed E-state index contributed by atoms with van der Waals surface area (Å²) in [5, 5.41) is 3.46. The number of hydrogen-bond acceptors (Lipinski definition) is 2. The van der Waals surface area contributed by atoms with Gasteiger partial charge in [0.2, 0.25) is 5.95 Å². The molecule has 1 heterocycles. The van der Waals surface area contributed by atoms with Gasteiger partial charge in [0.25, 0.3) is 0 Å². The van der Waals surface area contributed by atoms with Crippen molar-refractivity contribution in [3.63, 3.8) is 0 Å². The maximum Gasteiger partial charge on any atom is 0.203 e. The zero-order valence-corrected chi connectivity index (χ0v) is 12.8. The quantitative estimate of drug-likeness (QED) is 0.857. The molecular weight excluding hydrogens is 258 g/mol. The number of halogens is 1. The summed E-state index contributed by atoms with van der Waals surface area (Å²) in [4.78, 5) is 4.57. The lowest BCUT2D eigenvalue weighted by Gasteiger charge is -2.22. The number of benzene rings is 1. The van der Waals surface area contributed by atoms with Gasteiger partial charge < -0.3 is 9.88 Å². The first kappa shape index (κ1) is 14.2. The third-order valence-electron chi connectivity index (χ3n) is 3.10. The van der Waals surface area contributed by atoms with Crippen LogP contribution in [0.3, 0.4) is 0 Å². The predicted molar refractivity (Wildman–Crippen MR) is 82.9 cm³/mol. The van der Waals surface area contributed by atoms with Crippen LogP contribution < -0.4 is 5.32 Å². The lowest BCUT2D eigenvalue weighted by molar-refractivity contribution is 0.373. The Morgan fingerprint density at radius 2 is 2.00 bits per heavy atom. The highest BCUT2D eigenvalue weighted by Gasteiger charge is 2.17. The van der Waals surface area contributed by atoms with E-state index in [4.69, 9.17) is 11.6 Å². The summed E-state index contributed by atoms with van der Waals surface area (Å²) < 4.78 is 2.07. The summed E-state index contributed by atoms with van der Waals surface area (Å²) in [7, 11) is 2.02. The van der Waals surface area contributed by atoms with Crippen LogP contribution in [0.2, 0.25) is 0 Å². The third-order valence-corrected chi connectivity index (χ3v) is 3.41. The Morgan fingerprint density at radius 3 is 2.63 bits per heavy atom. The second-order valence-electron chi connectivity index (χ2n) is 6.23.